The lowest BCUT2D eigenvalue weighted by molar-refractivity contribution is 0.199. The predicted molar refractivity (Wildman–Crippen MR) is 32.1 cm³/mol. The highest BCUT2D eigenvalue weighted by molar-refractivity contribution is 4.37. The van der Waals surface area contributed by atoms with E-state index in [2.05, 4.69) is 10.7 Å². The van der Waals surface area contributed by atoms with Gasteiger partial charge in [-0.3, -0.25) is 5.84 Å². The average molecular weight is 119 g/mol. The van der Waals surface area contributed by atoms with Crippen LogP contribution in [-0.2, 0) is 4.74 Å². The Hall–Kier alpha value is -0.160. The van der Waals surface area contributed by atoms with Crippen LogP contribution in [0, 0.1) is 0 Å². The first-order valence-corrected chi connectivity index (χ1v) is 2.55. The fraction of sp³-hybridized carbons (Fsp3) is 1.00. The van der Waals surface area contributed by atoms with Gasteiger partial charge in [-0.2, -0.15) is 0 Å². The molecule has 8 heavy (non-hydrogen) atoms. The fourth-order valence-electron chi connectivity index (χ4n) is 0.335. The van der Waals surface area contributed by atoms with Crippen molar-refractivity contribution in [1.29, 1.82) is 0 Å². The second-order valence-electron chi connectivity index (χ2n) is 1.37. The lowest BCUT2D eigenvalue weighted by atomic mass is 10.7. The number of hydrazine groups is 1. The summed E-state index contributed by atoms with van der Waals surface area (Å²) in [6, 6.07) is 0. The summed E-state index contributed by atoms with van der Waals surface area (Å²) in [5.74, 6) is 4.96. The number of nitrogens with two attached hydrogens (primary N) is 1. The molecule has 0 aromatic carbocycles. The summed E-state index contributed by atoms with van der Waals surface area (Å²) >= 11 is 0. The van der Waals surface area contributed by atoms with Crippen LogP contribution in [0.15, 0.2) is 0 Å². The van der Waals surface area contributed by atoms with Crippen molar-refractivity contribution in [3.05, 3.63) is 0 Å². The summed E-state index contributed by atoms with van der Waals surface area (Å²) in [5, 5.41) is 2.97. The second-order valence-corrected chi connectivity index (χ2v) is 1.37. The molecule has 0 saturated heterocycles. The molecule has 0 unspecified atom stereocenters. The molecule has 0 radical (unpaired) electrons. The van der Waals surface area contributed by atoms with Crippen LogP contribution in [0.25, 0.3) is 0 Å². The molecule has 50 valence electrons. The zero-order valence-corrected chi connectivity index (χ0v) is 5.11. The SMILES string of the molecule is COCCNCNN. The van der Waals surface area contributed by atoms with Crippen LogP contribution in [0.5, 0.6) is 0 Å². The van der Waals surface area contributed by atoms with Crippen LogP contribution >= 0.6 is 0 Å². The van der Waals surface area contributed by atoms with Crippen molar-refractivity contribution in [2.45, 2.75) is 0 Å². The van der Waals surface area contributed by atoms with E-state index in [9.17, 15) is 0 Å². The van der Waals surface area contributed by atoms with E-state index >= 15 is 0 Å². The summed E-state index contributed by atoms with van der Waals surface area (Å²) in [6.45, 7) is 2.19. The van der Waals surface area contributed by atoms with Crippen LogP contribution in [0.1, 0.15) is 0 Å². The highest BCUT2D eigenvalue weighted by Crippen LogP contribution is 1.59. The molecule has 0 aromatic heterocycles. The quantitative estimate of drug-likeness (QED) is 0.181. The van der Waals surface area contributed by atoms with Crippen LogP contribution in [0.2, 0.25) is 0 Å². The zero-order chi connectivity index (χ0) is 6.24. The van der Waals surface area contributed by atoms with Gasteiger partial charge in [-0.15, -0.1) is 0 Å². The van der Waals surface area contributed by atoms with Crippen molar-refractivity contribution in [3.8, 4) is 0 Å². The largest absolute Gasteiger partial charge is 0.383 e. The molecule has 0 saturated carbocycles. The molecule has 4 nitrogen and oxygen atoms in total. The Balaban J connectivity index is 2.53. The van der Waals surface area contributed by atoms with Gasteiger partial charge in [0.2, 0.25) is 0 Å². The first kappa shape index (κ1) is 7.84. The molecule has 0 spiro atoms. The second kappa shape index (κ2) is 6.84. The molecule has 0 rings (SSSR count). The van der Waals surface area contributed by atoms with E-state index in [0.29, 0.717) is 6.67 Å². The number of nitrogens with one attached hydrogen (secondary N) is 2. The molecule has 0 fully saturated rings. The molecule has 0 aromatic rings. The molecule has 0 bridgehead atoms. The van der Waals surface area contributed by atoms with E-state index in [-0.39, 0.29) is 0 Å². The standard InChI is InChI=1S/C4H13N3O/c1-8-3-2-6-4-7-5/h6-7H,2-5H2,1H3. The van der Waals surface area contributed by atoms with Crippen molar-refractivity contribution in [3.63, 3.8) is 0 Å². The Morgan fingerprint density at radius 1 is 1.62 bits per heavy atom. The summed E-state index contributed by atoms with van der Waals surface area (Å²) in [7, 11) is 1.66. The van der Waals surface area contributed by atoms with E-state index in [4.69, 9.17) is 10.6 Å². The Morgan fingerprint density at radius 2 is 2.38 bits per heavy atom. The monoisotopic (exact) mass is 119 g/mol. The molecule has 0 amide bonds. The van der Waals surface area contributed by atoms with Crippen LogP contribution < -0.4 is 16.6 Å². The minimum Gasteiger partial charge on any atom is -0.383 e. The summed E-state index contributed by atoms with van der Waals surface area (Å²) in [6.07, 6.45) is 0. The third-order valence-corrected chi connectivity index (χ3v) is 0.710. The highest BCUT2D eigenvalue weighted by atomic mass is 16.5. The van der Waals surface area contributed by atoms with Gasteiger partial charge in [-0.1, -0.05) is 0 Å². The average Bonchev–Trinajstić information content (AvgIpc) is 1.81. The van der Waals surface area contributed by atoms with Gasteiger partial charge in [0, 0.05) is 13.7 Å². The van der Waals surface area contributed by atoms with Gasteiger partial charge >= 0.3 is 0 Å². The van der Waals surface area contributed by atoms with Gasteiger partial charge in [0.05, 0.1) is 13.3 Å². The number of hydrogen-bond acceptors (Lipinski definition) is 4. The third kappa shape index (κ3) is 5.84. The highest BCUT2D eigenvalue weighted by Gasteiger charge is 1.79. The smallest absolute Gasteiger partial charge is 0.0588 e. The molecule has 0 heterocycles. The normalized spacial score (nSPS) is 9.75. The Kier molecular flexibility index (Phi) is 6.70. The molecular formula is C4H13N3O. The maximum absolute atomic E-state index is 4.96. The summed E-state index contributed by atoms with van der Waals surface area (Å²) in [4.78, 5) is 0. The molecule has 0 atom stereocenters. The van der Waals surface area contributed by atoms with Gasteiger partial charge in [0.15, 0.2) is 0 Å². The van der Waals surface area contributed by atoms with Gasteiger partial charge in [-0.05, 0) is 0 Å². The van der Waals surface area contributed by atoms with Crippen molar-refractivity contribution in [2.24, 2.45) is 5.84 Å². The molecule has 0 aliphatic rings. The van der Waals surface area contributed by atoms with E-state index in [1.807, 2.05) is 0 Å². The zero-order valence-electron chi connectivity index (χ0n) is 5.11. The third-order valence-electron chi connectivity index (χ3n) is 0.710. The molecular weight excluding hydrogens is 106 g/mol. The van der Waals surface area contributed by atoms with E-state index in [0.717, 1.165) is 13.2 Å². The Morgan fingerprint density at radius 3 is 2.88 bits per heavy atom. The van der Waals surface area contributed by atoms with Crippen LogP contribution in [-0.4, -0.2) is 26.9 Å². The van der Waals surface area contributed by atoms with E-state index < -0.39 is 0 Å². The Bertz CT molecular complexity index is 36.3. The van der Waals surface area contributed by atoms with Crippen LogP contribution in [0.3, 0.4) is 0 Å². The summed E-state index contributed by atoms with van der Waals surface area (Å²) < 4.78 is 4.76. The van der Waals surface area contributed by atoms with Gasteiger partial charge in [0.1, 0.15) is 0 Å². The van der Waals surface area contributed by atoms with Crippen molar-refractivity contribution < 1.29 is 4.74 Å². The first-order chi connectivity index (χ1) is 3.91. The van der Waals surface area contributed by atoms with Crippen molar-refractivity contribution >= 4 is 0 Å². The fourth-order valence-corrected chi connectivity index (χ4v) is 0.335. The topological polar surface area (TPSA) is 59.3 Å². The maximum Gasteiger partial charge on any atom is 0.0588 e. The first-order valence-electron chi connectivity index (χ1n) is 2.55. The lowest BCUT2D eigenvalue weighted by Gasteiger charge is -2.00. The van der Waals surface area contributed by atoms with Gasteiger partial charge < -0.3 is 10.1 Å². The number of ether oxygens (including phenoxy) is 1. The van der Waals surface area contributed by atoms with Crippen molar-refractivity contribution in [1.82, 2.24) is 10.7 Å². The molecule has 0 aliphatic heterocycles. The van der Waals surface area contributed by atoms with Crippen molar-refractivity contribution in [2.75, 3.05) is 26.9 Å². The predicted octanol–water partition coefficient (Wildman–Crippen LogP) is -1.36. The molecule has 4 N–H and O–H groups in total. The van der Waals surface area contributed by atoms with Gasteiger partial charge in [-0.25, -0.2) is 5.43 Å². The van der Waals surface area contributed by atoms with Gasteiger partial charge in [0.25, 0.3) is 0 Å². The van der Waals surface area contributed by atoms with E-state index in [1.165, 1.54) is 0 Å². The number of rotatable bonds is 5. The van der Waals surface area contributed by atoms with Crippen LogP contribution in [0.4, 0.5) is 0 Å². The molecule has 4 heteroatoms. The van der Waals surface area contributed by atoms with E-state index in [1.54, 1.807) is 7.11 Å². The molecule has 0 aliphatic carbocycles. The lowest BCUT2D eigenvalue weighted by Crippen LogP contribution is -2.35. The number of methoxy groups -OCH3 is 1. The minimum absolute atomic E-state index is 0.628. The summed E-state index contributed by atoms with van der Waals surface area (Å²) in [5.41, 5.74) is 2.46. The minimum atomic E-state index is 0.628. The number of hydrogen-bond donors (Lipinski definition) is 3. The Labute approximate surface area is 49.4 Å². The maximum atomic E-state index is 4.96.